The summed E-state index contributed by atoms with van der Waals surface area (Å²) in [5, 5.41) is 2.94. The van der Waals surface area contributed by atoms with Crippen molar-refractivity contribution >= 4 is 28.7 Å². The molecular formula is C20H19N3O4. The maximum absolute atomic E-state index is 12.6. The van der Waals surface area contributed by atoms with Crippen LogP contribution in [0.25, 0.3) is 11.1 Å². The number of fused-ring (bicyclic) bond motifs is 2. The number of hydrogen-bond donors (Lipinski definition) is 1. The molecule has 3 aromatic rings. The normalized spacial score (nSPS) is 16.2. The zero-order valence-corrected chi connectivity index (χ0v) is 14.7. The van der Waals surface area contributed by atoms with Crippen molar-refractivity contribution in [3.05, 3.63) is 47.5 Å². The van der Waals surface area contributed by atoms with Crippen molar-refractivity contribution in [1.82, 2.24) is 4.98 Å². The number of ether oxygens (including phenoxy) is 2. The molecular weight excluding hydrogens is 346 g/mol. The smallest absolute Gasteiger partial charge is 0.298 e. The summed E-state index contributed by atoms with van der Waals surface area (Å²) in [6, 6.07) is 11.6. The molecule has 2 aliphatic heterocycles. The van der Waals surface area contributed by atoms with Gasteiger partial charge >= 0.3 is 0 Å². The Morgan fingerprint density at radius 2 is 1.96 bits per heavy atom. The Hall–Kier alpha value is -3.06. The summed E-state index contributed by atoms with van der Waals surface area (Å²) in [6.07, 6.45) is 0.839. The molecule has 3 heterocycles. The SMILES string of the molecule is O=C(Nc1ccc2oc(N3CCOCC3)nc2c1)c1ccc2c(c1)CCO2. The third-order valence-electron chi connectivity index (χ3n) is 4.87. The van der Waals surface area contributed by atoms with Crippen LogP contribution < -0.4 is 15.0 Å². The number of hydrogen-bond acceptors (Lipinski definition) is 6. The monoisotopic (exact) mass is 365 g/mol. The lowest BCUT2D eigenvalue weighted by Crippen LogP contribution is -2.36. The van der Waals surface area contributed by atoms with E-state index in [4.69, 9.17) is 13.9 Å². The second-order valence-electron chi connectivity index (χ2n) is 6.65. The Bertz CT molecular complexity index is 1010. The van der Waals surface area contributed by atoms with E-state index < -0.39 is 0 Å². The number of anilines is 2. The first kappa shape index (κ1) is 16.1. The van der Waals surface area contributed by atoms with Crippen molar-refractivity contribution in [3.63, 3.8) is 0 Å². The molecule has 1 saturated heterocycles. The molecule has 7 heteroatoms. The Morgan fingerprint density at radius 3 is 2.85 bits per heavy atom. The van der Waals surface area contributed by atoms with Gasteiger partial charge in [0.2, 0.25) is 0 Å². The van der Waals surface area contributed by atoms with Crippen LogP contribution in [0.15, 0.2) is 40.8 Å². The maximum atomic E-state index is 12.6. The predicted molar refractivity (Wildman–Crippen MR) is 101 cm³/mol. The first-order valence-corrected chi connectivity index (χ1v) is 9.07. The van der Waals surface area contributed by atoms with Gasteiger partial charge in [-0.3, -0.25) is 4.79 Å². The Morgan fingerprint density at radius 1 is 1.07 bits per heavy atom. The number of oxazole rings is 1. The van der Waals surface area contributed by atoms with Crippen LogP contribution >= 0.6 is 0 Å². The van der Waals surface area contributed by atoms with E-state index in [0.717, 1.165) is 36.3 Å². The highest BCUT2D eigenvalue weighted by atomic mass is 16.5. The van der Waals surface area contributed by atoms with E-state index in [2.05, 4.69) is 15.2 Å². The molecule has 7 nitrogen and oxygen atoms in total. The van der Waals surface area contributed by atoms with Crippen LogP contribution in [0.2, 0.25) is 0 Å². The fourth-order valence-electron chi connectivity index (χ4n) is 3.41. The number of morpholine rings is 1. The summed E-state index contributed by atoms with van der Waals surface area (Å²) >= 11 is 0. The standard InChI is InChI=1S/C20H19N3O4/c24-19(14-1-3-17-13(11-14)5-8-26-17)21-15-2-4-18-16(12-15)22-20(27-18)23-6-9-25-10-7-23/h1-4,11-12H,5-10H2,(H,21,24). The summed E-state index contributed by atoms with van der Waals surface area (Å²) in [5.74, 6) is 0.715. The van der Waals surface area contributed by atoms with Crippen LogP contribution in [-0.4, -0.2) is 43.8 Å². The largest absolute Gasteiger partial charge is 0.493 e. The van der Waals surface area contributed by atoms with Gasteiger partial charge in [-0.1, -0.05) is 0 Å². The van der Waals surface area contributed by atoms with E-state index in [1.54, 1.807) is 6.07 Å². The van der Waals surface area contributed by atoms with Crippen molar-refractivity contribution < 1.29 is 18.7 Å². The van der Waals surface area contributed by atoms with Crippen molar-refractivity contribution in [1.29, 1.82) is 0 Å². The maximum Gasteiger partial charge on any atom is 0.298 e. The van der Waals surface area contributed by atoms with Gasteiger partial charge in [0.15, 0.2) is 5.58 Å². The van der Waals surface area contributed by atoms with Crippen molar-refractivity contribution in [3.8, 4) is 5.75 Å². The molecule has 138 valence electrons. The highest BCUT2D eigenvalue weighted by Crippen LogP contribution is 2.27. The molecule has 27 heavy (non-hydrogen) atoms. The number of nitrogens with one attached hydrogen (secondary N) is 1. The van der Waals surface area contributed by atoms with Gasteiger partial charge in [0, 0.05) is 30.8 Å². The summed E-state index contributed by atoms with van der Waals surface area (Å²) in [7, 11) is 0. The molecule has 0 unspecified atom stereocenters. The van der Waals surface area contributed by atoms with Gasteiger partial charge in [-0.2, -0.15) is 4.98 Å². The zero-order valence-electron chi connectivity index (χ0n) is 14.7. The molecule has 0 spiro atoms. The first-order valence-electron chi connectivity index (χ1n) is 9.07. The van der Waals surface area contributed by atoms with Crippen LogP contribution in [0, 0.1) is 0 Å². The number of amides is 1. The third-order valence-corrected chi connectivity index (χ3v) is 4.87. The number of benzene rings is 2. The summed E-state index contributed by atoms with van der Waals surface area (Å²) in [4.78, 5) is 19.2. The summed E-state index contributed by atoms with van der Waals surface area (Å²) in [5.41, 5.74) is 3.80. The molecule has 2 aromatic carbocycles. The fourth-order valence-corrected chi connectivity index (χ4v) is 3.41. The van der Waals surface area contributed by atoms with Crippen LogP contribution in [-0.2, 0) is 11.2 Å². The van der Waals surface area contributed by atoms with Gasteiger partial charge in [0.25, 0.3) is 11.9 Å². The van der Waals surface area contributed by atoms with E-state index >= 15 is 0 Å². The second-order valence-corrected chi connectivity index (χ2v) is 6.65. The Labute approximate surface area is 155 Å². The Kier molecular flexibility index (Phi) is 3.94. The number of rotatable bonds is 3. The minimum absolute atomic E-state index is 0.152. The lowest BCUT2D eigenvalue weighted by molar-refractivity contribution is 0.102. The number of carbonyl (C=O) groups is 1. The minimum atomic E-state index is -0.152. The predicted octanol–water partition coefficient (Wildman–Crippen LogP) is 2.85. The summed E-state index contributed by atoms with van der Waals surface area (Å²) < 4.78 is 16.7. The third kappa shape index (κ3) is 3.10. The van der Waals surface area contributed by atoms with E-state index in [-0.39, 0.29) is 5.91 Å². The number of aromatic nitrogens is 1. The van der Waals surface area contributed by atoms with Crippen LogP contribution in [0.1, 0.15) is 15.9 Å². The molecule has 2 aliphatic rings. The molecule has 1 amide bonds. The second kappa shape index (κ2) is 6.59. The van der Waals surface area contributed by atoms with E-state index in [1.807, 2.05) is 30.3 Å². The molecule has 0 saturated carbocycles. The highest BCUT2D eigenvalue weighted by molar-refractivity contribution is 6.05. The molecule has 1 aromatic heterocycles. The molecule has 1 fully saturated rings. The van der Waals surface area contributed by atoms with Gasteiger partial charge in [-0.15, -0.1) is 0 Å². The van der Waals surface area contributed by atoms with Crippen LogP contribution in [0.5, 0.6) is 5.75 Å². The fraction of sp³-hybridized carbons (Fsp3) is 0.300. The van der Waals surface area contributed by atoms with E-state index in [0.29, 0.717) is 42.7 Å². The Balaban J connectivity index is 1.36. The molecule has 1 N–H and O–H groups in total. The topological polar surface area (TPSA) is 76.8 Å². The average Bonchev–Trinajstić information content (AvgIpc) is 3.34. The minimum Gasteiger partial charge on any atom is -0.493 e. The van der Waals surface area contributed by atoms with Crippen LogP contribution in [0.4, 0.5) is 11.7 Å². The summed E-state index contributed by atoms with van der Waals surface area (Å²) in [6.45, 7) is 3.54. The number of nitrogens with zero attached hydrogens (tertiary/aromatic N) is 2. The molecule has 0 aliphatic carbocycles. The average molecular weight is 365 g/mol. The first-order chi connectivity index (χ1) is 13.3. The quantitative estimate of drug-likeness (QED) is 0.769. The van der Waals surface area contributed by atoms with Gasteiger partial charge < -0.3 is 24.1 Å². The molecule has 0 radical (unpaired) electrons. The van der Waals surface area contributed by atoms with Gasteiger partial charge in [0.1, 0.15) is 11.3 Å². The van der Waals surface area contributed by atoms with E-state index in [1.165, 1.54) is 0 Å². The van der Waals surface area contributed by atoms with Crippen LogP contribution in [0.3, 0.4) is 0 Å². The van der Waals surface area contributed by atoms with Gasteiger partial charge in [0.05, 0.1) is 19.8 Å². The molecule has 0 bridgehead atoms. The van der Waals surface area contributed by atoms with Crippen molar-refractivity contribution in [2.45, 2.75) is 6.42 Å². The van der Waals surface area contributed by atoms with Crippen molar-refractivity contribution in [2.24, 2.45) is 0 Å². The zero-order chi connectivity index (χ0) is 18.2. The molecule has 0 atom stereocenters. The number of carbonyl (C=O) groups excluding carboxylic acids is 1. The van der Waals surface area contributed by atoms with Gasteiger partial charge in [-0.25, -0.2) is 0 Å². The van der Waals surface area contributed by atoms with Gasteiger partial charge in [-0.05, 0) is 42.0 Å². The van der Waals surface area contributed by atoms with Crippen molar-refractivity contribution in [2.75, 3.05) is 43.1 Å². The molecule has 5 rings (SSSR count). The highest BCUT2D eigenvalue weighted by Gasteiger charge is 2.18. The lowest BCUT2D eigenvalue weighted by Gasteiger charge is -2.24. The lowest BCUT2D eigenvalue weighted by atomic mass is 10.1. The van der Waals surface area contributed by atoms with E-state index in [9.17, 15) is 4.79 Å².